The summed E-state index contributed by atoms with van der Waals surface area (Å²) in [4.78, 5) is 12.8. The van der Waals surface area contributed by atoms with Crippen LogP contribution < -0.4 is 4.74 Å². The second-order valence-electron chi connectivity index (χ2n) is 6.44. The van der Waals surface area contributed by atoms with Crippen LogP contribution in [0.2, 0.25) is 0 Å². The lowest BCUT2D eigenvalue weighted by Gasteiger charge is -2.32. The quantitative estimate of drug-likeness (QED) is 0.862. The summed E-state index contributed by atoms with van der Waals surface area (Å²) in [5.74, 6) is -0.765. The number of hydrogen-bond acceptors (Lipinski definition) is 4. The minimum absolute atomic E-state index is 0.0151. The molecule has 3 rings (SSSR count). The molecule has 0 fully saturated rings. The third-order valence-corrected chi connectivity index (χ3v) is 4.64. The van der Waals surface area contributed by atoms with Crippen molar-refractivity contribution in [3.8, 4) is 5.75 Å². The van der Waals surface area contributed by atoms with E-state index in [1.54, 1.807) is 30.3 Å². The molecule has 0 aromatic heterocycles. The number of aliphatic hydroxyl groups is 1. The van der Waals surface area contributed by atoms with Crippen LogP contribution in [0.3, 0.4) is 0 Å². The Balaban J connectivity index is 2.02. The molecule has 0 radical (unpaired) electrons. The highest BCUT2D eigenvalue weighted by atomic mass is 19.4. The van der Waals surface area contributed by atoms with Gasteiger partial charge in [0.1, 0.15) is 5.75 Å². The van der Waals surface area contributed by atoms with Gasteiger partial charge >= 0.3 is 6.18 Å². The first-order chi connectivity index (χ1) is 13.2. The van der Waals surface area contributed by atoms with Crippen molar-refractivity contribution in [1.29, 1.82) is 0 Å². The predicted molar refractivity (Wildman–Crippen MR) is 97.1 cm³/mol. The lowest BCUT2D eigenvalue weighted by Crippen LogP contribution is -2.56. The van der Waals surface area contributed by atoms with Crippen LogP contribution in [-0.2, 0) is 6.42 Å². The fourth-order valence-corrected chi connectivity index (χ4v) is 2.95. The predicted octanol–water partition coefficient (Wildman–Crippen LogP) is 3.76. The number of ether oxygens (including phenoxy) is 1. The van der Waals surface area contributed by atoms with Crippen LogP contribution in [0.5, 0.6) is 5.75 Å². The molecule has 0 saturated carbocycles. The van der Waals surface area contributed by atoms with Crippen LogP contribution in [0, 0.1) is 0 Å². The van der Waals surface area contributed by atoms with Gasteiger partial charge in [-0.15, -0.1) is 0 Å². The zero-order valence-corrected chi connectivity index (χ0v) is 15.3. The Morgan fingerprint density at radius 2 is 1.93 bits per heavy atom. The molecule has 0 aliphatic carbocycles. The summed E-state index contributed by atoms with van der Waals surface area (Å²) < 4.78 is 46.1. The molecule has 1 amide bonds. The maximum Gasteiger partial charge on any atom is 0.438 e. The van der Waals surface area contributed by atoms with Gasteiger partial charge in [0.25, 0.3) is 11.6 Å². The zero-order chi connectivity index (χ0) is 20.5. The van der Waals surface area contributed by atoms with E-state index in [2.05, 4.69) is 5.10 Å². The minimum atomic E-state index is -5.09. The van der Waals surface area contributed by atoms with Gasteiger partial charge in [-0.3, -0.25) is 4.79 Å². The lowest BCUT2D eigenvalue weighted by molar-refractivity contribution is -0.297. The smallest absolute Gasteiger partial charge is 0.438 e. The van der Waals surface area contributed by atoms with Crippen molar-refractivity contribution in [3.63, 3.8) is 0 Å². The number of methoxy groups -OCH3 is 1. The topological polar surface area (TPSA) is 62.1 Å². The summed E-state index contributed by atoms with van der Waals surface area (Å²) in [7, 11) is 1.38. The van der Waals surface area contributed by atoms with Gasteiger partial charge in [0.05, 0.1) is 19.2 Å². The van der Waals surface area contributed by atoms with Gasteiger partial charge in [0.2, 0.25) is 0 Å². The van der Waals surface area contributed by atoms with Crippen LogP contribution in [-0.4, -0.2) is 40.7 Å². The number of carbonyl (C=O) groups excluding carboxylic acids is 1. The summed E-state index contributed by atoms with van der Waals surface area (Å²) in [5.41, 5.74) is -2.09. The minimum Gasteiger partial charge on any atom is -0.497 e. The van der Waals surface area contributed by atoms with Crippen molar-refractivity contribution in [2.24, 2.45) is 5.10 Å². The molecular weight excluding hydrogens is 373 g/mol. The molecule has 28 heavy (non-hydrogen) atoms. The number of carbonyl (C=O) groups is 1. The van der Waals surface area contributed by atoms with Gasteiger partial charge in [-0.2, -0.15) is 23.3 Å². The SMILES string of the molecule is CCc1ccc(C2=NN(C(=O)c3cccc(OC)c3)[C@](O)(C(F)(F)F)C2)cc1. The van der Waals surface area contributed by atoms with Crippen LogP contribution in [0.4, 0.5) is 13.2 Å². The fourth-order valence-electron chi connectivity index (χ4n) is 2.95. The Morgan fingerprint density at radius 1 is 1.25 bits per heavy atom. The standard InChI is InChI=1S/C20H19F3N2O3/c1-3-13-7-9-14(10-8-13)17-12-19(27,20(21,22)23)25(24-17)18(26)15-5-4-6-16(11-15)28-2/h4-11,27H,3,12H2,1-2H3/t19-/m1/s1. The number of nitrogens with zero attached hydrogens (tertiary/aromatic N) is 2. The summed E-state index contributed by atoms with van der Waals surface area (Å²) in [6.45, 7) is 1.96. The Labute approximate surface area is 160 Å². The van der Waals surface area contributed by atoms with Gasteiger partial charge < -0.3 is 9.84 Å². The number of hydrogen-bond donors (Lipinski definition) is 1. The average molecular weight is 392 g/mol. The lowest BCUT2D eigenvalue weighted by atomic mass is 9.99. The largest absolute Gasteiger partial charge is 0.497 e. The van der Waals surface area contributed by atoms with Gasteiger partial charge in [-0.05, 0) is 35.7 Å². The summed E-state index contributed by atoms with van der Waals surface area (Å²) in [5, 5.41) is 14.4. The number of aryl methyl sites for hydroxylation is 1. The monoisotopic (exact) mass is 392 g/mol. The maximum atomic E-state index is 13.7. The second kappa shape index (κ2) is 7.27. The van der Waals surface area contributed by atoms with Crippen LogP contribution >= 0.6 is 0 Å². The number of benzene rings is 2. The van der Waals surface area contributed by atoms with E-state index in [0.29, 0.717) is 11.3 Å². The fraction of sp³-hybridized carbons (Fsp3) is 0.300. The van der Waals surface area contributed by atoms with E-state index < -0.39 is 24.2 Å². The molecule has 1 aliphatic rings. The van der Waals surface area contributed by atoms with Crippen LogP contribution in [0.1, 0.15) is 34.8 Å². The highest BCUT2D eigenvalue weighted by Gasteiger charge is 2.63. The number of amides is 1. The van der Waals surface area contributed by atoms with E-state index in [9.17, 15) is 23.1 Å². The highest BCUT2D eigenvalue weighted by Crippen LogP contribution is 2.42. The van der Waals surface area contributed by atoms with E-state index in [1.165, 1.54) is 25.3 Å². The first kappa shape index (κ1) is 19.9. The second-order valence-corrected chi connectivity index (χ2v) is 6.44. The molecule has 1 atom stereocenters. The summed E-state index contributed by atoms with van der Waals surface area (Å²) in [6.07, 6.45) is -5.16. The molecule has 2 aromatic carbocycles. The Bertz CT molecular complexity index is 910. The average Bonchev–Trinajstić information content (AvgIpc) is 3.06. The molecule has 8 heteroatoms. The van der Waals surface area contributed by atoms with Crippen LogP contribution in [0.15, 0.2) is 53.6 Å². The number of alkyl halides is 3. The van der Waals surface area contributed by atoms with Crippen molar-refractivity contribution in [2.45, 2.75) is 31.7 Å². The zero-order valence-electron chi connectivity index (χ0n) is 15.3. The molecule has 0 unspecified atom stereocenters. The molecule has 0 spiro atoms. The van der Waals surface area contributed by atoms with E-state index in [1.807, 2.05) is 6.92 Å². The van der Waals surface area contributed by atoms with E-state index in [0.717, 1.165) is 12.0 Å². The van der Waals surface area contributed by atoms with Gasteiger partial charge in [0.15, 0.2) is 0 Å². The molecule has 1 N–H and O–H groups in total. The summed E-state index contributed by atoms with van der Waals surface area (Å²) in [6, 6.07) is 12.5. The molecule has 1 heterocycles. The van der Waals surface area contributed by atoms with E-state index in [-0.39, 0.29) is 16.3 Å². The van der Waals surface area contributed by atoms with Crippen LogP contribution in [0.25, 0.3) is 0 Å². The van der Waals surface area contributed by atoms with E-state index in [4.69, 9.17) is 4.74 Å². The third-order valence-electron chi connectivity index (χ3n) is 4.64. The molecule has 0 saturated heterocycles. The Morgan fingerprint density at radius 3 is 2.50 bits per heavy atom. The van der Waals surface area contributed by atoms with Crippen molar-refractivity contribution in [1.82, 2.24) is 5.01 Å². The van der Waals surface area contributed by atoms with Crippen molar-refractivity contribution in [3.05, 3.63) is 65.2 Å². The molecule has 0 bridgehead atoms. The molecule has 1 aliphatic heterocycles. The molecule has 2 aromatic rings. The van der Waals surface area contributed by atoms with Crippen molar-refractivity contribution >= 4 is 11.6 Å². The van der Waals surface area contributed by atoms with Crippen molar-refractivity contribution in [2.75, 3.05) is 7.11 Å². The van der Waals surface area contributed by atoms with Gasteiger partial charge in [-0.25, -0.2) is 0 Å². The Kier molecular flexibility index (Phi) is 5.16. The summed E-state index contributed by atoms with van der Waals surface area (Å²) >= 11 is 0. The number of halogens is 3. The molecule has 5 nitrogen and oxygen atoms in total. The number of rotatable bonds is 4. The van der Waals surface area contributed by atoms with Crippen molar-refractivity contribution < 1.29 is 27.8 Å². The van der Waals surface area contributed by atoms with E-state index >= 15 is 0 Å². The number of hydrazone groups is 1. The first-order valence-corrected chi connectivity index (χ1v) is 8.64. The highest BCUT2D eigenvalue weighted by molar-refractivity contribution is 6.05. The molecular formula is C20H19F3N2O3. The van der Waals surface area contributed by atoms with Gasteiger partial charge in [-0.1, -0.05) is 37.3 Å². The van der Waals surface area contributed by atoms with Gasteiger partial charge in [0, 0.05) is 5.56 Å². The maximum absolute atomic E-state index is 13.7. The normalized spacial score (nSPS) is 19.5. The Hall–Kier alpha value is -2.87. The molecule has 148 valence electrons. The third kappa shape index (κ3) is 3.47. The first-order valence-electron chi connectivity index (χ1n) is 8.64.